The quantitative estimate of drug-likeness (QED) is 0.778. The van der Waals surface area contributed by atoms with Gasteiger partial charge in [-0.15, -0.1) is 0 Å². The zero-order chi connectivity index (χ0) is 14.8. The highest BCUT2D eigenvalue weighted by molar-refractivity contribution is 6.31. The number of methoxy groups -OCH3 is 1. The molecule has 0 unspecified atom stereocenters. The van der Waals surface area contributed by atoms with E-state index in [-0.39, 0.29) is 5.91 Å². The molecule has 3 aromatic rings. The largest absolute Gasteiger partial charge is 0.496 e. The molecule has 5 nitrogen and oxygen atoms in total. The van der Waals surface area contributed by atoms with E-state index in [2.05, 4.69) is 15.5 Å². The maximum Gasteiger partial charge on any atom is 0.259 e. The molecule has 106 valence electrons. The smallest absolute Gasteiger partial charge is 0.259 e. The van der Waals surface area contributed by atoms with Crippen LogP contribution in [0.5, 0.6) is 5.75 Å². The Hall–Kier alpha value is -2.53. The van der Waals surface area contributed by atoms with Crippen LogP contribution in [0.3, 0.4) is 0 Å². The standard InChI is InChI=1S/C15H12ClN3O2/c1-21-14-5-3-10(16)6-12(14)15(20)18-11-4-2-9-8-17-19-13(9)7-11/h2-8H,1H3,(H,17,19)(H,18,20). The monoisotopic (exact) mass is 301 g/mol. The number of hydrogen-bond donors (Lipinski definition) is 2. The van der Waals surface area contributed by atoms with Crippen LogP contribution in [0.15, 0.2) is 42.6 Å². The van der Waals surface area contributed by atoms with E-state index in [1.165, 1.54) is 7.11 Å². The molecule has 0 saturated heterocycles. The Balaban J connectivity index is 1.90. The number of H-pyrrole nitrogens is 1. The van der Waals surface area contributed by atoms with E-state index in [1.807, 2.05) is 18.2 Å². The predicted octanol–water partition coefficient (Wildman–Crippen LogP) is 3.48. The molecule has 1 amide bonds. The number of anilines is 1. The molecule has 0 radical (unpaired) electrons. The number of aromatic amines is 1. The van der Waals surface area contributed by atoms with Crippen molar-refractivity contribution in [3.05, 3.63) is 53.2 Å². The highest BCUT2D eigenvalue weighted by Gasteiger charge is 2.13. The third-order valence-electron chi connectivity index (χ3n) is 3.11. The summed E-state index contributed by atoms with van der Waals surface area (Å²) >= 11 is 5.94. The van der Waals surface area contributed by atoms with Crippen LogP contribution in [-0.4, -0.2) is 23.2 Å². The van der Waals surface area contributed by atoms with Gasteiger partial charge in [-0.3, -0.25) is 9.89 Å². The molecule has 0 atom stereocenters. The number of nitrogens with zero attached hydrogens (tertiary/aromatic N) is 1. The molecular weight excluding hydrogens is 290 g/mol. The van der Waals surface area contributed by atoms with Crippen molar-refractivity contribution in [1.82, 2.24) is 10.2 Å². The SMILES string of the molecule is COc1ccc(Cl)cc1C(=O)Nc1ccc2cn[nH]c2c1. The molecule has 0 aliphatic carbocycles. The second kappa shape index (κ2) is 5.46. The topological polar surface area (TPSA) is 67.0 Å². The van der Waals surface area contributed by atoms with Crippen molar-refractivity contribution < 1.29 is 9.53 Å². The first-order valence-corrected chi connectivity index (χ1v) is 6.63. The van der Waals surface area contributed by atoms with Crippen molar-refractivity contribution in [2.45, 2.75) is 0 Å². The molecule has 21 heavy (non-hydrogen) atoms. The Labute approximate surface area is 125 Å². The van der Waals surface area contributed by atoms with Crippen LogP contribution >= 0.6 is 11.6 Å². The number of carbonyl (C=O) groups excluding carboxylic acids is 1. The van der Waals surface area contributed by atoms with Crippen LogP contribution in [0.2, 0.25) is 5.02 Å². The third kappa shape index (κ3) is 2.68. The van der Waals surface area contributed by atoms with E-state index in [1.54, 1.807) is 24.4 Å². The molecule has 2 aromatic carbocycles. The third-order valence-corrected chi connectivity index (χ3v) is 3.34. The Morgan fingerprint density at radius 3 is 2.95 bits per heavy atom. The highest BCUT2D eigenvalue weighted by Crippen LogP contribution is 2.24. The first kappa shape index (κ1) is 13.5. The maximum atomic E-state index is 12.3. The van der Waals surface area contributed by atoms with Gasteiger partial charge in [0.05, 0.1) is 24.4 Å². The molecule has 1 aromatic heterocycles. The van der Waals surface area contributed by atoms with E-state index in [4.69, 9.17) is 16.3 Å². The van der Waals surface area contributed by atoms with Gasteiger partial charge in [0.1, 0.15) is 5.75 Å². The molecule has 3 rings (SSSR count). The minimum absolute atomic E-state index is 0.284. The zero-order valence-electron chi connectivity index (χ0n) is 11.2. The van der Waals surface area contributed by atoms with Crippen LogP contribution in [0.25, 0.3) is 10.9 Å². The van der Waals surface area contributed by atoms with Gasteiger partial charge in [0.15, 0.2) is 0 Å². The summed E-state index contributed by atoms with van der Waals surface area (Å²) in [6, 6.07) is 10.4. The first-order valence-electron chi connectivity index (χ1n) is 6.25. The second-order valence-electron chi connectivity index (χ2n) is 4.47. The van der Waals surface area contributed by atoms with E-state index >= 15 is 0 Å². The number of aromatic nitrogens is 2. The number of carbonyl (C=O) groups is 1. The van der Waals surface area contributed by atoms with Crippen LogP contribution in [-0.2, 0) is 0 Å². The van der Waals surface area contributed by atoms with Crippen molar-refractivity contribution in [3.8, 4) is 5.75 Å². The summed E-state index contributed by atoms with van der Waals surface area (Å²) in [4.78, 5) is 12.3. The number of nitrogens with one attached hydrogen (secondary N) is 2. The van der Waals surface area contributed by atoms with Crippen molar-refractivity contribution in [2.75, 3.05) is 12.4 Å². The molecule has 0 spiro atoms. The minimum atomic E-state index is -0.284. The average Bonchev–Trinajstić information content (AvgIpc) is 2.94. The Kier molecular flexibility index (Phi) is 3.50. The van der Waals surface area contributed by atoms with E-state index in [9.17, 15) is 4.79 Å². The second-order valence-corrected chi connectivity index (χ2v) is 4.91. The van der Waals surface area contributed by atoms with E-state index in [0.717, 1.165) is 10.9 Å². The fourth-order valence-corrected chi connectivity index (χ4v) is 2.24. The Morgan fingerprint density at radius 2 is 2.14 bits per heavy atom. The van der Waals surface area contributed by atoms with Gasteiger partial charge in [0.2, 0.25) is 0 Å². The summed E-state index contributed by atoms with van der Waals surface area (Å²) in [6.45, 7) is 0. The summed E-state index contributed by atoms with van der Waals surface area (Å²) in [7, 11) is 1.51. The number of hydrogen-bond acceptors (Lipinski definition) is 3. The van der Waals surface area contributed by atoms with Crippen molar-refractivity contribution in [1.29, 1.82) is 0 Å². The fourth-order valence-electron chi connectivity index (χ4n) is 2.07. The highest BCUT2D eigenvalue weighted by atomic mass is 35.5. The van der Waals surface area contributed by atoms with Gasteiger partial charge in [0, 0.05) is 16.1 Å². The molecule has 1 heterocycles. The predicted molar refractivity (Wildman–Crippen MR) is 82.1 cm³/mol. The zero-order valence-corrected chi connectivity index (χ0v) is 11.9. The van der Waals surface area contributed by atoms with Gasteiger partial charge in [-0.1, -0.05) is 11.6 Å². The molecule has 0 saturated carbocycles. The summed E-state index contributed by atoms with van der Waals surface area (Å²) in [5.74, 6) is 0.188. The molecule has 0 aliphatic heterocycles. The summed E-state index contributed by atoms with van der Waals surface area (Å²) in [5, 5.41) is 11.1. The molecule has 0 aliphatic rings. The van der Waals surface area contributed by atoms with Crippen LogP contribution in [0.4, 0.5) is 5.69 Å². The van der Waals surface area contributed by atoms with Crippen LogP contribution in [0.1, 0.15) is 10.4 Å². The molecule has 2 N–H and O–H groups in total. The number of fused-ring (bicyclic) bond motifs is 1. The Bertz CT molecular complexity index is 814. The van der Waals surface area contributed by atoms with Crippen LogP contribution < -0.4 is 10.1 Å². The van der Waals surface area contributed by atoms with Gasteiger partial charge >= 0.3 is 0 Å². The van der Waals surface area contributed by atoms with Crippen molar-refractivity contribution >= 4 is 34.1 Å². The number of ether oxygens (including phenoxy) is 1. The van der Waals surface area contributed by atoms with Crippen molar-refractivity contribution in [2.24, 2.45) is 0 Å². The fraction of sp³-hybridized carbons (Fsp3) is 0.0667. The molecule has 6 heteroatoms. The van der Waals surface area contributed by atoms with E-state index < -0.39 is 0 Å². The van der Waals surface area contributed by atoms with Gasteiger partial charge in [0.25, 0.3) is 5.91 Å². The van der Waals surface area contributed by atoms with Gasteiger partial charge < -0.3 is 10.1 Å². The number of benzene rings is 2. The van der Waals surface area contributed by atoms with Crippen molar-refractivity contribution in [3.63, 3.8) is 0 Å². The lowest BCUT2D eigenvalue weighted by Crippen LogP contribution is -2.13. The molecule has 0 fully saturated rings. The normalized spacial score (nSPS) is 10.6. The molecule has 0 bridgehead atoms. The number of halogens is 1. The van der Waals surface area contributed by atoms with Gasteiger partial charge in [-0.25, -0.2) is 0 Å². The average molecular weight is 302 g/mol. The maximum absolute atomic E-state index is 12.3. The Morgan fingerprint density at radius 1 is 1.29 bits per heavy atom. The minimum Gasteiger partial charge on any atom is -0.496 e. The lowest BCUT2D eigenvalue weighted by Gasteiger charge is -2.09. The number of amides is 1. The van der Waals surface area contributed by atoms with Gasteiger partial charge in [-0.2, -0.15) is 5.10 Å². The van der Waals surface area contributed by atoms with E-state index in [0.29, 0.717) is 22.0 Å². The lowest BCUT2D eigenvalue weighted by atomic mass is 10.1. The number of rotatable bonds is 3. The summed E-state index contributed by atoms with van der Waals surface area (Å²) in [5.41, 5.74) is 1.90. The first-order chi connectivity index (χ1) is 10.2. The van der Waals surface area contributed by atoms with Crippen LogP contribution in [0, 0.1) is 0 Å². The van der Waals surface area contributed by atoms with Gasteiger partial charge in [-0.05, 0) is 36.4 Å². The summed E-state index contributed by atoms with van der Waals surface area (Å²) in [6.07, 6.45) is 1.72. The molecular formula is C15H12ClN3O2. The summed E-state index contributed by atoms with van der Waals surface area (Å²) < 4.78 is 5.18. The lowest BCUT2D eigenvalue weighted by molar-refractivity contribution is 0.102.